The lowest BCUT2D eigenvalue weighted by atomic mass is 10.1. The van der Waals surface area contributed by atoms with Crippen molar-refractivity contribution in [3.8, 4) is 11.3 Å². The number of methoxy groups -OCH3 is 1. The first kappa shape index (κ1) is 17.8. The molecular weight excluding hydrogens is 326 g/mol. The SMILES string of the molecule is COCCCNc1cc(-c2ccccc2)nc(NCc2ccccn2)n1. The van der Waals surface area contributed by atoms with Crippen LogP contribution >= 0.6 is 0 Å². The predicted octanol–water partition coefficient (Wildman–Crippen LogP) is 3.60. The van der Waals surface area contributed by atoms with Gasteiger partial charge in [-0.2, -0.15) is 4.98 Å². The van der Waals surface area contributed by atoms with Crippen LogP contribution in [0.3, 0.4) is 0 Å². The Labute approximate surface area is 153 Å². The molecule has 1 aromatic carbocycles. The summed E-state index contributed by atoms with van der Waals surface area (Å²) in [7, 11) is 1.71. The van der Waals surface area contributed by atoms with E-state index in [4.69, 9.17) is 4.74 Å². The molecule has 6 nitrogen and oxygen atoms in total. The van der Waals surface area contributed by atoms with Crippen LogP contribution in [0.2, 0.25) is 0 Å². The predicted molar refractivity (Wildman–Crippen MR) is 104 cm³/mol. The summed E-state index contributed by atoms with van der Waals surface area (Å²) >= 11 is 0. The van der Waals surface area contributed by atoms with Gasteiger partial charge in [0.15, 0.2) is 0 Å². The van der Waals surface area contributed by atoms with E-state index in [1.54, 1.807) is 13.3 Å². The van der Waals surface area contributed by atoms with Crippen LogP contribution in [0.4, 0.5) is 11.8 Å². The lowest BCUT2D eigenvalue weighted by molar-refractivity contribution is 0.198. The average molecular weight is 349 g/mol. The van der Waals surface area contributed by atoms with E-state index in [0.717, 1.165) is 35.7 Å². The standard InChI is InChI=1S/C20H23N5O/c1-26-13-7-12-22-19-14-18(16-8-3-2-4-9-16)24-20(25-19)23-15-17-10-5-6-11-21-17/h2-6,8-11,14H,7,12-13,15H2,1H3,(H2,22,23,24,25). The molecule has 0 unspecified atom stereocenters. The van der Waals surface area contributed by atoms with Crippen LogP contribution < -0.4 is 10.6 Å². The van der Waals surface area contributed by atoms with Gasteiger partial charge in [-0.05, 0) is 18.6 Å². The van der Waals surface area contributed by atoms with Crippen molar-refractivity contribution in [2.24, 2.45) is 0 Å². The Morgan fingerprint density at radius 3 is 2.58 bits per heavy atom. The van der Waals surface area contributed by atoms with Gasteiger partial charge in [-0.1, -0.05) is 36.4 Å². The second-order valence-corrected chi connectivity index (χ2v) is 5.78. The van der Waals surface area contributed by atoms with Crippen LogP contribution in [0.1, 0.15) is 12.1 Å². The summed E-state index contributed by atoms with van der Waals surface area (Å²) in [4.78, 5) is 13.5. The zero-order chi connectivity index (χ0) is 18.0. The largest absolute Gasteiger partial charge is 0.385 e. The van der Waals surface area contributed by atoms with Gasteiger partial charge in [0.1, 0.15) is 5.82 Å². The summed E-state index contributed by atoms with van der Waals surface area (Å²) in [5.41, 5.74) is 2.87. The smallest absolute Gasteiger partial charge is 0.225 e. The normalized spacial score (nSPS) is 10.5. The van der Waals surface area contributed by atoms with Crippen molar-refractivity contribution >= 4 is 11.8 Å². The van der Waals surface area contributed by atoms with Crippen LogP contribution in [-0.2, 0) is 11.3 Å². The second-order valence-electron chi connectivity index (χ2n) is 5.78. The molecule has 0 radical (unpaired) electrons. The molecule has 0 aliphatic rings. The number of rotatable bonds is 9. The lowest BCUT2D eigenvalue weighted by Gasteiger charge is -2.11. The Kier molecular flexibility index (Phi) is 6.50. The van der Waals surface area contributed by atoms with E-state index >= 15 is 0 Å². The number of benzene rings is 1. The third-order valence-corrected chi connectivity index (χ3v) is 3.78. The quantitative estimate of drug-likeness (QED) is 0.575. The molecule has 0 spiro atoms. The number of hydrogen-bond acceptors (Lipinski definition) is 6. The number of nitrogens with one attached hydrogen (secondary N) is 2. The third-order valence-electron chi connectivity index (χ3n) is 3.78. The first-order valence-electron chi connectivity index (χ1n) is 8.66. The summed E-state index contributed by atoms with van der Waals surface area (Å²) in [5.74, 6) is 1.37. The van der Waals surface area contributed by atoms with E-state index in [2.05, 4.69) is 25.6 Å². The maximum atomic E-state index is 5.09. The fourth-order valence-corrected chi connectivity index (χ4v) is 2.48. The number of anilines is 2. The van der Waals surface area contributed by atoms with E-state index in [0.29, 0.717) is 19.1 Å². The van der Waals surface area contributed by atoms with E-state index in [1.165, 1.54) is 0 Å². The highest BCUT2D eigenvalue weighted by atomic mass is 16.5. The number of nitrogens with zero attached hydrogens (tertiary/aromatic N) is 3. The molecule has 0 saturated heterocycles. The van der Waals surface area contributed by atoms with Gasteiger partial charge in [-0.25, -0.2) is 4.98 Å². The highest BCUT2D eigenvalue weighted by Crippen LogP contribution is 2.21. The minimum Gasteiger partial charge on any atom is -0.385 e. The number of ether oxygens (including phenoxy) is 1. The number of aromatic nitrogens is 3. The van der Waals surface area contributed by atoms with Crippen molar-refractivity contribution in [1.82, 2.24) is 15.0 Å². The van der Waals surface area contributed by atoms with Crippen molar-refractivity contribution in [1.29, 1.82) is 0 Å². The van der Waals surface area contributed by atoms with Gasteiger partial charge in [0, 0.05) is 38.1 Å². The van der Waals surface area contributed by atoms with Gasteiger partial charge in [0.25, 0.3) is 0 Å². The van der Waals surface area contributed by atoms with Gasteiger partial charge >= 0.3 is 0 Å². The fraction of sp³-hybridized carbons (Fsp3) is 0.250. The van der Waals surface area contributed by atoms with Crippen molar-refractivity contribution < 1.29 is 4.74 Å². The topological polar surface area (TPSA) is 72.0 Å². The van der Waals surface area contributed by atoms with Crippen LogP contribution in [0.5, 0.6) is 0 Å². The Hall–Kier alpha value is -2.99. The van der Waals surface area contributed by atoms with Gasteiger partial charge < -0.3 is 15.4 Å². The maximum Gasteiger partial charge on any atom is 0.225 e. The molecule has 26 heavy (non-hydrogen) atoms. The van der Waals surface area contributed by atoms with Crippen LogP contribution in [0.25, 0.3) is 11.3 Å². The van der Waals surface area contributed by atoms with E-state index in [-0.39, 0.29) is 0 Å². The molecule has 0 atom stereocenters. The molecular formula is C20H23N5O. The number of pyridine rings is 1. The molecule has 2 heterocycles. The summed E-state index contributed by atoms with van der Waals surface area (Å²) in [6.45, 7) is 2.08. The van der Waals surface area contributed by atoms with E-state index in [1.807, 2.05) is 54.6 Å². The molecule has 2 aromatic heterocycles. The first-order chi connectivity index (χ1) is 12.8. The van der Waals surface area contributed by atoms with Gasteiger partial charge in [0.2, 0.25) is 5.95 Å². The average Bonchev–Trinajstić information content (AvgIpc) is 2.71. The second kappa shape index (κ2) is 9.48. The van der Waals surface area contributed by atoms with Crippen LogP contribution in [0, 0.1) is 0 Å². The zero-order valence-corrected chi connectivity index (χ0v) is 14.9. The molecule has 2 N–H and O–H groups in total. The highest BCUT2D eigenvalue weighted by Gasteiger charge is 2.07. The van der Waals surface area contributed by atoms with E-state index in [9.17, 15) is 0 Å². The molecule has 3 rings (SSSR count). The highest BCUT2D eigenvalue weighted by molar-refractivity contribution is 5.64. The fourth-order valence-electron chi connectivity index (χ4n) is 2.48. The van der Waals surface area contributed by atoms with Gasteiger partial charge in [0.05, 0.1) is 17.9 Å². The molecule has 0 fully saturated rings. The summed E-state index contributed by atoms with van der Waals surface area (Å²) in [5, 5.41) is 6.61. The van der Waals surface area contributed by atoms with Crippen LogP contribution in [0.15, 0.2) is 60.8 Å². The van der Waals surface area contributed by atoms with Crippen molar-refractivity contribution in [3.05, 3.63) is 66.5 Å². The minimum atomic E-state index is 0.572. The van der Waals surface area contributed by atoms with E-state index < -0.39 is 0 Å². The van der Waals surface area contributed by atoms with Crippen molar-refractivity contribution in [2.45, 2.75) is 13.0 Å². The summed E-state index contributed by atoms with van der Waals surface area (Å²) in [6, 6.07) is 17.9. The Morgan fingerprint density at radius 1 is 0.962 bits per heavy atom. The molecule has 0 aliphatic carbocycles. The van der Waals surface area contributed by atoms with Crippen LogP contribution in [-0.4, -0.2) is 35.2 Å². The van der Waals surface area contributed by atoms with Crippen molar-refractivity contribution in [3.63, 3.8) is 0 Å². The zero-order valence-electron chi connectivity index (χ0n) is 14.9. The molecule has 0 aliphatic heterocycles. The molecule has 6 heteroatoms. The van der Waals surface area contributed by atoms with Crippen molar-refractivity contribution in [2.75, 3.05) is 30.9 Å². The van der Waals surface area contributed by atoms with Gasteiger partial charge in [-0.3, -0.25) is 4.98 Å². The third kappa shape index (κ3) is 5.26. The minimum absolute atomic E-state index is 0.572. The molecule has 0 bridgehead atoms. The number of hydrogen-bond donors (Lipinski definition) is 2. The summed E-state index contributed by atoms with van der Waals surface area (Å²) < 4.78 is 5.09. The first-order valence-corrected chi connectivity index (χ1v) is 8.66. The monoisotopic (exact) mass is 349 g/mol. The molecule has 0 saturated carbocycles. The van der Waals surface area contributed by atoms with Gasteiger partial charge in [-0.15, -0.1) is 0 Å². The maximum absolute atomic E-state index is 5.09. The Balaban J connectivity index is 1.77. The Bertz CT molecular complexity index is 796. The Morgan fingerprint density at radius 2 is 1.81 bits per heavy atom. The molecule has 0 amide bonds. The molecule has 3 aromatic rings. The summed E-state index contributed by atoms with van der Waals surface area (Å²) in [6.07, 6.45) is 2.69. The molecule has 134 valence electrons. The lowest BCUT2D eigenvalue weighted by Crippen LogP contribution is -2.10.